The molecule has 18 atom stereocenters. The van der Waals surface area contributed by atoms with Crippen LogP contribution in [0.2, 0.25) is 0 Å². The average Bonchev–Trinajstić information content (AvgIpc) is 0.816. The zero-order valence-electron chi connectivity index (χ0n) is 65.7. The summed E-state index contributed by atoms with van der Waals surface area (Å²) in [5.41, 5.74) is 11.7. The Morgan fingerprint density at radius 2 is 0.681 bits per heavy atom. The standard InChI is InChI=1S/C71H132N10O32/c1-4-5-6-7-12-21-76-66(96)48(15-8-11-18-72)80-68(98)50(17-10-14-20-75-55(88)44-106-32-29-100-23-26-103-35-38-109-70-58(77-46(2)85)64(94)61(91)52(41-83)112-70)81-67(97)49(79-56(89)45-107-33-30-101-24-27-104-36-39-110-71-59(78-47(3)86)65(95)62(92)53(42-84)113-71)16-9-13-19-74-54(87)43-105-31-28-99-22-25-102-34-37-108-69-57(73)63(93)60(90)51(40-82)111-69/h48-53,57-65,69-71,82-84,90-95H,4-45,72-73H2,1-3H3,(H,74,87)(H,75,88)(H,76,96)(H,77,85)(H,78,86)(H,79,89)(H,80,98)(H,81,97)/t48?,49?,50?,51-,52-,53-,57-,58-,59-,60+,61+,62+,63-,64-,65-,69-,70-,71-/m1/s1. The molecule has 0 spiro atoms. The van der Waals surface area contributed by atoms with Crippen molar-refractivity contribution in [3.63, 3.8) is 0 Å². The Labute approximate surface area is 659 Å². The lowest BCUT2D eigenvalue weighted by molar-refractivity contribution is -0.272. The largest absolute Gasteiger partial charge is 0.394 e. The lowest BCUT2D eigenvalue weighted by Gasteiger charge is -2.42. The zero-order chi connectivity index (χ0) is 83.0. The summed E-state index contributed by atoms with van der Waals surface area (Å²) in [6.07, 6.45) is -7.91. The maximum Gasteiger partial charge on any atom is 0.246 e. The third-order valence-electron chi connectivity index (χ3n) is 17.8. The first-order valence-corrected chi connectivity index (χ1v) is 39.1. The zero-order valence-corrected chi connectivity index (χ0v) is 65.7. The van der Waals surface area contributed by atoms with Gasteiger partial charge in [0.25, 0.3) is 0 Å². The van der Waals surface area contributed by atoms with E-state index in [4.69, 9.17) is 82.5 Å². The van der Waals surface area contributed by atoms with Gasteiger partial charge in [-0.15, -0.1) is 0 Å². The minimum absolute atomic E-state index is 0.0218. The predicted octanol–water partition coefficient (Wildman–Crippen LogP) is -7.92. The molecule has 0 saturated carbocycles. The molecular weight excluding hydrogens is 1500 g/mol. The number of carbonyl (C=O) groups is 8. The first-order chi connectivity index (χ1) is 54.5. The predicted molar refractivity (Wildman–Crippen MR) is 396 cm³/mol. The van der Waals surface area contributed by atoms with E-state index < -0.39 is 184 Å². The van der Waals surface area contributed by atoms with Crippen LogP contribution in [0.5, 0.6) is 0 Å². The average molecular weight is 1640 g/mol. The van der Waals surface area contributed by atoms with E-state index in [2.05, 4.69) is 49.5 Å². The normalized spacial score (nSPS) is 24.5. The number of ether oxygens (including phenoxy) is 15. The van der Waals surface area contributed by atoms with E-state index in [1.54, 1.807) is 0 Å². The number of aliphatic hydroxyl groups excluding tert-OH is 9. The highest BCUT2D eigenvalue weighted by Crippen LogP contribution is 2.25. The number of hydrogen-bond donors (Lipinski definition) is 19. The number of hydrogen-bond acceptors (Lipinski definition) is 34. The van der Waals surface area contributed by atoms with Crippen molar-refractivity contribution in [3.05, 3.63) is 0 Å². The summed E-state index contributed by atoms with van der Waals surface area (Å²) < 4.78 is 82.9. The second-order valence-electron chi connectivity index (χ2n) is 27.0. The van der Waals surface area contributed by atoms with Crippen molar-refractivity contribution in [2.45, 2.75) is 221 Å². The van der Waals surface area contributed by atoms with Crippen LogP contribution in [0.25, 0.3) is 0 Å². The first kappa shape index (κ1) is 102. The second kappa shape index (κ2) is 62.9. The Bertz CT molecular complexity index is 2570. The molecule has 113 heavy (non-hydrogen) atoms. The minimum Gasteiger partial charge on any atom is -0.394 e. The molecule has 42 nitrogen and oxygen atoms in total. The van der Waals surface area contributed by atoms with Crippen LogP contribution in [0.4, 0.5) is 0 Å². The lowest BCUT2D eigenvalue weighted by Crippen LogP contribution is -2.64. The van der Waals surface area contributed by atoms with E-state index in [1.807, 2.05) is 0 Å². The molecular formula is C71H132N10O32. The molecule has 3 heterocycles. The van der Waals surface area contributed by atoms with E-state index in [0.29, 0.717) is 38.8 Å². The third-order valence-corrected chi connectivity index (χ3v) is 17.8. The van der Waals surface area contributed by atoms with Crippen molar-refractivity contribution in [1.82, 2.24) is 42.5 Å². The monoisotopic (exact) mass is 1640 g/mol. The molecule has 3 unspecified atom stereocenters. The summed E-state index contributed by atoms with van der Waals surface area (Å²) in [4.78, 5) is 105. The van der Waals surface area contributed by atoms with E-state index in [1.165, 1.54) is 13.8 Å². The van der Waals surface area contributed by atoms with Gasteiger partial charge < -0.3 is 171 Å². The molecule has 658 valence electrons. The summed E-state index contributed by atoms with van der Waals surface area (Å²) in [5, 5.41) is 112. The smallest absolute Gasteiger partial charge is 0.246 e. The summed E-state index contributed by atoms with van der Waals surface area (Å²) in [5.74, 6) is -4.34. The SMILES string of the molecule is CCCCCCCNC(=O)C(CCCCN)NC(=O)C(CCCCNC(=O)COCCOCCOCCO[C@@H]1O[C@H](CO)[C@H](O)[C@H](O)[C@H]1NC(C)=O)NC(=O)C(CCCCNC(=O)COCCOCCOCCO[C@@H]1O[C@H](CO)[C@H](O)[C@H](O)[C@H]1N)NC(=O)COCCOCCOCCO[C@@H]1O[C@H](CO)[C@H](O)[C@H](O)[C@H]1NC(C)=O. The quantitative estimate of drug-likeness (QED) is 0.0252. The number of amides is 8. The van der Waals surface area contributed by atoms with Crippen LogP contribution in [0, 0.1) is 0 Å². The molecule has 42 heteroatoms. The van der Waals surface area contributed by atoms with E-state index in [0.717, 1.165) is 32.1 Å². The number of rotatable bonds is 67. The van der Waals surface area contributed by atoms with Crippen molar-refractivity contribution in [3.8, 4) is 0 Å². The lowest BCUT2D eigenvalue weighted by atomic mass is 9.97. The van der Waals surface area contributed by atoms with Crippen LogP contribution in [0.1, 0.15) is 111 Å². The number of unbranched alkanes of at least 4 members (excludes halogenated alkanes) is 7. The van der Waals surface area contributed by atoms with Gasteiger partial charge in [0.05, 0.1) is 145 Å². The highest BCUT2D eigenvalue weighted by Gasteiger charge is 2.47. The van der Waals surface area contributed by atoms with Gasteiger partial charge in [0.2, 0.25) is 47.3 Å². The first-order valence-electron chi connectivity index (χ1n) is 39.1. The summed E-state index contributed by atoms with van der Waals surface area (Å²) in [6, 6.07) is -6.71. The molecule has 21 N–H and O–H groups in total. The molecule has 3 rings (SSSR count). The summed E-state index contributed by atoms with van der Waals surface area (Å²) >= 11 is 0. The number of nitrogens with two attached hydrogens (primary N) is 2. The molecule has 0 bridgehead atoms. The van der Waals surface area contributed by atoms with Crippen LogP contribution in [-0.2, 0) is 109 Å². The Balaban J connectivity index is 1.56. The van der Waals surface area contributed by atoms with Crippen LogP contribution in [0.3, 0.4) is 0 Å². The number of aliphatic hydroxyl groups is 9. The van der Waals surface area contributed by atoms with Gasteiger partial charge in [0, 0.05) is 33.5 Å². The molecule has 0 aromatic heterocycles. The van der Waals surface area contributed by atoms with Crippen molar-refractivity contribution in [2.24, 2.45) is 11.5 Å². The number of nitrogens with one attached hydrogen (secondary N) is 8. The Morgan fingerprint density at radius 1 is 0.363 bits per heavy atom. The second-order valence-corrected chi connectivity index (χ2v) is 27.0. The van der Waals surface area contributed by atoms with Gasteiger partial charge in [0.1, 0.15) is 105 Å². The molecule has 8 amide bonds. The summed E-state index contributed by atoms with van der Waals surface area (Å²) in [7, 11) is 0. The maximum absolute atomic E-state index is 14.5. The van der Waals surface area contributed by atoms with E-state index >= 15 is 0 Å². The molecule has 0 radical (unpaired) electrons. The van der Waals surface area contributed by atoms with Crippen LogP contribution in [0.15, 0.2) is 0 Å². The molecule has 0 aliphatic carbocycles. The van der Waals surface area contributed by atoms with Gasteiger partial charge in [-0.05, 0) is 70.8 Å². The van der Waals surface area contributed by atoms with Crippen LogP contribution >= 0.6 is 0 Å². The summed E-state index contributed by atoms with van der Waals surface area (Å²) in [6.45, 7) is 4.30. The van der Waals surface area contributed by atoms with Gasteiger partial charge >= 0.3 is 0 Å². The fourth-order valence-electron chi connectivity index (χ4n) is 11.6. The fraction of sp³-hybridized carbons (Fsp3) is 0.887. The Morgan fingerprint density at radius 3 is 1.07 bits per heavy atom. The van der Waals surface area contributed by atoms with Gasteiger partial charge in [-0.25, -0.2) is 0 Å². The van der Waals surface area contributed by atoms with Gasteiger partial charge in [-0.2, -0.15) is 0 Å². The van der Waals surface area contributed by atoms with Gasteiger partial charge in [0.15, 0.2) is 18.9 Å². The van der Waals surface area contributed by atoms with E-state index in [-0.39, 0.29) is 177 Å². The maximum atomic E-state index is 14.5. The molecule has 3 aliphatic rings. The minimum atomic E-state index is -1.48. The van der Waals surface area contributed by atoms with Crippen molar-refractivity contribution < 1.29 is 155 Å². The number of carbonyl (C=O) groups excluding carboxylic acids is 8. The van der Waals surface area contributed by atoms with Crippen LogP contribution in [-0.4, -0.2) is 388 Å². The molecule has 3 saturated heterocycles. The van der Waals surface area contributed by atoms with Crippen molar-refractivity contribution in [1.29, 1.82) is 0 Å². The Hall–Kier alpha value is -5.28. The topological polar surface area (TPSA) is 605 Å². The van der Waals surface area contributed by atoms with Crippen molar-refractivity contribution in [2.75, 3.05) is 185 Å². The highest BCUT2D eigenvalue weighted by molar-refractivity contribution is 5.94. The van der Waals surface area contributed by atoms with Gasteiger partial charge in [-0.3, -0.25) is 38.4 Å². The molecule has 3 fully saturated rings. The highest BCUT2D eigenvalue weighted by atomic mass is 16.7. The van der Waals surface area contributed by atoms with Crippen molar-refractivity contribution >= 4 is 47.3 Å². The third kappa shape index (κ3) is 43.7. The van der Waals surface area contributed by atoms with Gasteiger partial charge in [-0.1, -0.05) is 32.6 Å². The van der Waals surface area contributed by atoms with E-state index in [9.17, 15) is 84.3 Å². The molecule has 0 aromatic carbocycles. The fourth-order valence-corrected chi connectivity index (χ4v) is 11.6. The van der Waals surface area contributed by atoms with Crippen LogP contribution < -0.4 is 54.0 Å². The Kier molecular flexibility index (Phi) is 56.7. The molecule has 3 aliphatic heterocycles. The molecule has 0 aromatic rings.